The van der Waals surface area contributed by atoms with Crippen molar-refractivity contribution in [2.24, 2.45) is 5.10 Å². The number of nitrogens with zero attached hydrogens (tertiary/aromatic N) is 2. The SMILES string of the molecule is CCOc1cccc(-c2cc(C(=O)NN=Cc3c(O)ccc4ccccc34)[nH]n2)c1. The first-order chi connectivity index (χ1) is 14.7. The van der Waals surface area contributed by atoms with Gasteiger partial charge in [0.05, 0.1) is 18.5 Å². The summed E-state index contributed by atoms with van der Waals surface area (Å²) in [6.45, 7) is 2.49. The number of hydrogen-bond acceptors (Lipinski definition) is 5. The highest BCUT2D eigenvalue weighted by Gasteiger charge is 2.11. The number of aromatic nitrogens is 2. The standard InChI is InChI=1S/C23H20N4O3/c1-2-30-17-8-5-7-16(12-17)20-13-21(26-25-20)23(29)27-24-14-19-18-9-4-3-6-15(18)10-11-22(19)28/h3-14,28H,2H2,1H3,(H,25,26)(H,27,29). The second kappa shape index (κ2) is 8.48. The van der Waals surface area contributed by atoms with Gasteiger partial charge < -0.3 is 9.84 Å². The fourth-order valence-electron chi connectivity index (χ4n) is 3.13. The maximum Gasteiger partial charge on any atom is 0.289 e. The number of hydrogen-bond donors (Lipinski definition) is 3. The third-order valence-corrected chi connectivity index (χ3v) is 4.57. The van der Waals surface area contributed by atoms with Gasteiger partial charge in [0.25, 0.3) is 5.91 Å². The number of benzene rings is 3. The van der Waals surface area contributed by atoms with Crippen molar-refractivity contribution in [1.29, 1.82) is 0 Å². The van der Waals surface area contributed by atoms with Crippen LogP contribution in [0, 0.1) is 0 Å². The number of phenols is 1. The summed E-state index contributed by atoms with van der Waals surface area (Å²) in [4.78, 5) is 12.4. The van der Waals surface area contributed by atoms with Gasteiger partial charge in [0.1, 0.15) is 17.2 Å². The third kappa shape index (κ3) is 4.00. The van der Waals surface area contributed by atoms with E-state index in [2.05, 4.69) is 20.7 Å². The topological polar surface area (TPSA) is 99.6 Å². The number of H-pyrrole nitrogens is 1. The number of amides is 1. The second-order valence-electron chi connectivity index (χ2n) is 6.55. The average Bonchev–Trinajstić information content (AvgIpc) is 3.26. The molecule has 0 aliphatic rings. The first-order valence-electron chi connectivity index (χ1n) is 9.48. The Labute approximate surface area is 173 Å². The van der Waals surface area contributed by atoms with Crippen molar-refractivity contribution < 1.29 is 14.6 Å². The number of carbonyl (C=O) groups excluding carboxylic acids is 1. The second-order valence-corrected chi connectivity index (χ2v) is 6.55. The van der Waals surface area contributed by atoms with Gasteiger partial charge in [0.2, 0.25) is 0 Å². The highest BCUT2D eigenvalue weighted by molar-refractivity contribution is 6.03. The lowest BCUT2D eigenvalue weighted by Gasteiger charge is -2.04. The van der Waals surface area contributed by atoms with Gasteiger partial charge in [0, 0.05) is 11.1 Å². The van der Waals surface area contributed by atoms with E-state index in [1.165, 1.54) is 6.21 Å². The minimum Gasteiger partial charge on any atom is -0.507 e. The fraction of sp³-hybridized carbons (Fsp3) is 0.0870. The normalized spacial score (nSPS) is 11.1. The maximum atomic E-state index is 12.4. The van der Waals surface area contributed by atoms with Crippen LogP contribution in [-0.4, -0.2) is 34.0 Å². The van der Waals surface area contributed by atoms with Crippen LogP contribution in [0.4, 0.5) is 0 Å². The minimum atomic E-state index is -0.439. The Hall–Kier alpha value is -4.13. The van der Waals surface area contributed by atoms with Crippen LogP contribution < -0.4 is 10.2 Å². The van der Waals surface area contributed by atoms with Crippen molar-refractivity contribution in [2.45, 2.75) is 6.92 Å². The summed E-state index contributed by atoms with van der Waals surface area (Å²) in [5.41, 5.74) is 4.72. The van der Waals surface area contributed by atoms with Crippen molar-refractivity contribution in [3.05, 3.63) is 78.0 Å². The molecule has 3 aromatic carbocycles. The average molecular weight is 400 g/mol. The molecule has 0 radical (unpaired) electrons. The Morgan fingerprint density at radius 3 is 2.90 bits per heavy atom. The van der Waals surface area contributed by atoms with Gasteiger partial charge in [-0.3, -0.25) is 9.89 Å². The Kier molecular flexibility index (Phi) is 5.43. The molecule has 0 saturated carbocycles. The number of rotatable bonds is 6. The number of hydrazone groups is 1. The lowest BCUT2D eigenvalue weighted by Crippen LogP contribution is -2.18. The minimum absolute atomic E-state index is 0.0877. The molecule has 1 heterocycles. The molecule has 1 aromatic heterocycles. The summed E-state index contributed by atoms with van der Waals surface area (Å²) in [5, 5.41) is 22.9. The van der Waals surface area contributed by atoms with Crippen LogP contribution >= 0.6 is 0 Å². The summed E-state index contributed by atoms with van der Waals surface area (Å²) in [6.07, 6.45) is 1.43. The highest BCUT2D eigenvalue weighted by atomic mass is 16.5. The molecular weight excluding hydrogens is 380 g/mol. The molecule has 0 aliphatic heterocycles. The highest BCUT2D eigenvalue weighted by Crippen LogP contribution is 2.25. The molecule has 7 nitrogen and oxygen atoms in total. The molecule has 4 aromatic rings. The molecule has 0 spiro atoms. The number of aromatic amines is 1. The first kappa shape index (κ1) is 19.2. The molecule has 3 N–H and O–H groups in total. The van der Waals surface area contributed by atoms with Gasteiger partial charge in [-0.1, -0.05) is 42.5 Å². The van der Waals surface area contributed by atoms with Gasteiger partial charge in [-0.2, -0.15) is 10.2 Å². The summed E-state index contributed by atoms with van der Waals surface area (Å²) in [5.74, 6) is 0.388. The van der Waals surface area contributed by atoms with E-state index in [9.17, 15) is 9.90 Å². The predicted molar refractivity (Wildman–Crippen MR) is 116 cm³/mol. The summed E-state index contributed by atoms with van der Waals surface area (Å²) in [7, 11) is 0. The Morgan fingerprint density at radius 2 is 2.03 bits per heavy atom. The quantitative estimate of drug-likeness (QED) is 0.335. The van der Waals surface area contributed by atoms with Crippen molar-refractivity contribution in [1.82, 2.24) is 15.6 Å². The number of aromatic hydroxyl groups is 1. The van der Waals surface area contributed by atoms with Crippen LogP contribution in [0.5, 0.6) is 11.5 Å². The van der Waals surface area contributed by atoms with Crippen LogP contribution in [0.3, 0.4) is 0 Å². The van der Waals surface area contributed by atoms with Crippen molar-refractivity contribution in [3.63, 3.8) is 0 Å². The van der Waals surface area contributed by atoms with E-state index in [-0.39, 0.29) is 11.4 Å². The van der Waals surface area contributed by atoms with Gasteiger partial charge in [-0.05, 0) is 42.0 Å². The monoisotopic (exact) mass is 400 g/mol. The Balaban J connectivity index is 1.49. The number of carbonyl (C=O) groups is 1. The largest absolute Gasteiger partial charge is 0.507 e. The van der Waals surface area contributed by atoms with Gasteiger partial charge in [0.15, 0.2) is 0 Å². The van der Waals surface area contributed by atoms with Gasteiger partial charge >= 0.3 is 0 Å². The molecule has 1 amide bonds. The van der Waals surface area contributed by atoms with Gasteiger partial charge in [-0.15, -0.1) is 0 Å². The molecular formula is C23H20N4O3. The zero-order valence-corrected chi connectivity index (χ0v) is 16.3. The van der Waals surface area contributed by atoms with E-state index >= 15 is 0 Å². The van der Waals surface area contributed by atoms with Crippen molar-refractivity contribution >= 4 is 22.9 Å². The number of fused-ring (bicyclic) bond motifs is 1. The van der Waals surface area contributed by atoms with Crippen LogP contribution in [-0.2, 0) is 0 Å². The summed E-state index contributed by atoms with van der Waals surface area (Å²) in [6, 6.07) is 20.2. The van der Waals surface area contributed by atoms with Crippen molar-refractivity contribution in [3.8, 4) is 22.8 Å². The lowest BCUT2D eigenvalue weighted by atomic mass is 10.0. The van der Waals surface area contributed by atoms with Crippen LogP contribution in [0.1, 0.15) is 23.0 Å². The first-order valence-corrected chi connectivity index (χ1v) is 9.48. The molecule has 0 saturated heterocycles. The summed E-state index contributed by atoms with van der Waals surface area (Å²) >= 11 is 0. The molecule has 4 rings (SSSR count). The Bertz CT molecular complexity index is 1230. The molecule has 30 heavy (non-hydrogen) atoms. The summed E-state index contributed by atoms with van der Waals surface area (Å²) < 4.78 is 5.50. The van der Waals surface area contributed by atoms with E-state index in [1.54, 1.807) is 12.1 Å². The molecule has 7 heteroatoms. The molecule has 150 valence electrons. The van der Waals surface area contributed by atoms with Crippen LogP contribution in [0.2, 0.25) is 0 Å². The van der Waals surface area contributed by atoms with Gasteiger partial charge in [-0.25, -0.2) is 5.43 Å². The molecule has 0 atom stereocenters. The number of ether oxygens (including phenoxy) is 1. The molecule has 0 bridgehead atoms. The zero-order valence-electron chi connectivity index (χ0n) is 16.3. The zero-order chi connectivity index (χ0) is 20.9. The van der Waals surface area contributed by atoms with Crippen LogP contribution in [0.25, 0.3) is 22.0 Å². The smallest absolute Gasteiger partial charge is 0.289 e. The molecule has 0 fully saturated rings. The predicted octanol–water partition coefficient (Wildman–Crippen LogP) is 4.10. The third-order valence-electron chi connectivity index (χ3n) is 4.57. The van der Waals surface area contributed by atoms with E-state index < -0.39 is 5.91 Å². The number of phenolic OH excluding ortho intramolecular Hbond substituents is 1. The maximum absolute atomic E-state index is 12.4. The van der Waals surface area contributed by atoms with E-state index in [0.29, 0.717) is 17.9 Å². The van der Waals surface area contributed by atoms with Crippen molar-refractivity contribution in [2.75, 3.05) is 6.61 Å². The van der Waals surface area contributed by atoms with E-state index in [0.717, 1.165) is 22.1 Å². The Morgan fingerprint density at radius 1 is 1.17 bits per heavy atom. The number of nitrogens with one attached hydrogen (secondary N) is 2. The lowest BCUT2D eigenvalue weighted by molar-refractivity contribution is 0.0950. The fourth-order valence-corrected chi connectivity index (χ4v) is 3.13. The van der Waals surface area contributed by atoms with E-state index in [1.807, 2.05) is 61.5 Å². The van der Waals surface area contributed by atoms with Crippen LogP contribution in [0.15, 0.2) is 71.8 Å². The van der Waals surface area contributed by atoms with E-state index in [4.69, 9.17) is 4.74 Å². The molecule has 0 unspecified atom stereocenters. The molecule has 0 aliphatic carbocycles.